The van der Waals surface area contributed by atoms with Crippen molar-refractivity contribution in [2.75, 3.05) is 10.6 Å². The first kappa shape index (κ1) is 19.5. The third-order valence-corrected chi connectivity index (χ3v) is 4.81. The molecule has 148 valence electrons. The molecule has 3 rings (SSSR count). The number of nitrogens with one attached hydrogen (secondary N) is 3. The summed E-state index contributed by atoms with van der Waals surface area (Å²) in [6, 6.07) is 9.90. The molecule has 1 aliphatic rings. The van der Waals surface area contributed by atoms with Crippen molar-refractivity contribution >= 4 is 29.3 Å². The predicted molar refractivity (Wildman–Crippen MR) is 103 cm³/mol. The zero-order chi connectivity index (χ0) is 19.9. The zero-order valence-corrected chi connectivity index (χ0v) is 15.3. The molecule has 2 atom stereocenters. The topological polar surface area (TPSA) is 121 Å². The van der Waals surface area contributed by atoms with Crippen LogP contribution < -0.4 is 16.0 Å². The molecule has 28 heavy (non-hydrogen) atoms. The van der Waals surface area contributed by atoms with Gasteiger partial charge in [0.05, 0.1) is 18.7 Å². The van der Waals surface area contributed by atoms with Gasteiger partial charge in [0.1, 0.15) is 5.76 Å². The zero-order valence-electron chi connectivity index (χ0n) is 15.3. The van der Waals surface area contributed by atoms with Crippen molar-refractivity contribution in [1.29, 1.82) is 0 Å². The van der Waals surface area contributed by atoms with Crippen LogP contribution >= 0.6 is 0 Å². The van der Waals surface area contributed by atoms with Crippen molar-refractivity contribution in [2.45, 2.75) is 32.2 Å². The minimum atomic E-state index is -0.835. The average Bonchev–Trinajstić information content (AvgIpc) is 3.21. The van der Waals surface area contributed by atoms with Crippen LogP contribution in [-0.2, 0) is 16.1 Å². The first-order chi connectivity index (χ1) is 13.5. The minimum absolute atomic E-state index is 0.164. The van der Waals surface area contributed by atoms with Crippen LogP contribution in [0.15, 0.2) is 47.1 Å². The van der Waals surface area contributed by atoms with Crippen LogP contribution in [0.25, 0.3) is 0 Å². The number of carboxylic acids is 1. The summed E-state index contributed by atoms with van der Waals surface area (Å²) in [6.45, 7) is 0.283. The second kappa shape index (κ2) is 9.07. The highest BCUT2D eigenvalue weighted by Gasteiger charge is 2.31. The Balaban J connectivity index is 1.47. The number of anilines is 2. The molecule has 3 amide bonds. The Morgan fingerprint density at radius 3 is 2.32 bits per heavy atom. The molecule has 1 saturated carbocycles. The van der Waals surface area contributed by atoms with Crippen LogP contribution in [0.5, 0.6) is 0 Å². The van der Waals surface area contributed by atoms with E-state index in [0.717, 1.165) is 6.42 Å². The Morgan fingerprint density at radius 1 is 1.00 bits per heavy atom. The quantitative estimate of drug-likeness (QED) is 0.607. The molecule has 0 aliphatic heterocycles. The molecular formula is C20H23N3O5. The molecule has 0 bridgehead atoms. The van der Waals surface area contributed by atoms with Crippen LogP contribution in [0.2, 0.25) is 0 Å². The number of benzene rings is 1. The van der Waals surface area contributed by atoms with Gasteiger partial charge in [0.15, 0.2) is 0 Å². The Kier molecular flexibility index (Phi) is 6.31. The second-order valence-electron chi connectivity index (χ2n) is 6.85. The van der Waals surface area contributed by atoms with Gasteiger partial charge < -0.3 is 25.5 Å². The van der Waals surface area contributed by atoms with Crippen LogP contribution in [0.4, 0.5) is 16.2 Å². The number of urea groups is 1. The normalized spacial score (nSPS) is 18.9. The molecule has 0 spiro atoms. The van der Waals surface area contributed by atoms with E-state index >= 15 is 0 Å². The number of hydrogen-bond acceptors (Lipinski definition) is 4. The summed E-state index contributed by atoms with van der Waals surface area (Å²) in [5.41, 5.74) is 1.18. The molecule has 2 unspecified atom stereocenters. The average molecular weight is 385 g/mol. The van der Waals surface area contributed by atoms with Gasteiger partial charge in [0.25, 0.3) is 0 Å². The molecule has 1 aliphatic carbocycles. The maximum atomic E-state index is 12.4. The highest BCUT2D eigenvalue weighted by atomic mass is 16.4. The number of carbonyl (C=O) groups excluding carboxylic acids is 2. The number of furan rings is 1. The van der Waals surface area contributed by atoms with Crippen LogP contribution in [0.3, 0.4) is 0 Å². The standard InChI is InChI=1S/C20H23N3O5/c24-18(13-3-1-4-14(11-13)19(25)26)22-15-6-8-16(9-7-15)23-20(27)21-12-17-5-2-10-28-17/h2,5-10,13-14H,1,3-4,11-12H2,(H,22,24)(H,25,26)(H2,21,23,27). The van der Waals surface area contributed by atoms with Gasteiger partial charge in [-0.1, -0.05) is 6.42 Å². The fourth-order valence-electron chi connectivity index (χ4n) is 3.29. The predicted octanol–water partition coefficient (Wildman–Crippen LogP) is 3.43. The SMILES string of the molecule is O=C(NCc1ccco1)Nc1ccc(NC(=O)C2CCCC(C(=O)O)C2)cc1. The maximum Gasteiger partial charge on any atom is 0.319 e. The van der Waals surface area contributed by atoms with E-state index in [-0.39, 0.29) is 24.4 Å². The fraction of sp³-hybridized carbons (Fsp3) is 0.350. The van der Waals surface area contributed by atoms with E-state index < -0.39 is 11.9 Å². The molecule has 8 nitrogen and oxygen atoms in total. The number of rotatable bonds is 6. The van der Waals surface area contributed by atoms with E-state index in [0.29, 0.717) is 36.4 Å². The maximum absolute atomic E-state index is 12.4. The lowest BCUT2D eigenvalue weighted by molar-refractivity contribution is -0.143. The molecule has 4 N–H and O–H groups in total. The summed E-state index contributed by atoms with van der Waals surface area (Å²) in [5, 5.41) is 17.3. The molecule has 8 heteroatoms. The Bertz CT molecular complexity index is 817. The lowest BCUT2D eigenvalue weighted by Gasteiger charge is -2.25. The van der Waals surface area contributed by atoms with E-state index in [1.807, 2.05) is 0 Å². The fourth-order valence-corrected chi connectivity index (χ4v) is 3.29. The molecule has 1 fully saturated rings. The Labute approximate surface area is 162 Å². The lowest BCUT2D eigenvalue weighted by atomic mass is 9.81. The van der Waals surface area contributed by atoms with Gasteiger partial charge in [-0.15, -0.1) is 0 Å². The van der Waals surface area contributed by atoms with Crippen molar-refractivity contribution in [1.82, 2.24) is 5.32 Å². The number of hydrogen-bond donors (Lipinski definition) is 4. The summed E-state index contributed by atoms with van der Waals surface area (Å²) in [4.78, 5) is 35.4. The first-order valence-corrected chi connectivity index (χ1v) is 9.22. The lowest BCUT2D eigenvalue weighted by Crippen LogP contribution is -2.31. The van der Waals surface area contributed by atoms with Gasteiger partial charge >= 0.3 is 12.0 Å². The number of amides is 3. The van der Waals surface area contributed by atoms with Gasteiger partial charge in [-0.3, -0.25) is 9.59 Å². The summed E-state index contributed by atoms with van der Waals surface area (Å²) in [5.74, 6) is -1.09. The largest absolute Gasteiger partial charge is 0.481 e. The van der Waals surface area contributed by atoms with E-state index in [1.54, 1.807) is 36.4 Å². The van der Waals surface area contributed by atoms with E-state index in [2.05, 4.69) is 16.0 Å². The first-order valence-electron chi connectivity index (χ1n) is 9.22. The summed E-state index contributed by atoms with van der Waals surface area (Å²) < 4.78 is 5.14. The molecule has 2 aromatic rings. The number of carboxylic acid groups (broad SMARTS) is 1. The van der Waals surface area contributed by atoms with Crippen molar-refractivity contribution in [3.8, 4) is 0 Å². The van der Waals surface area contributed by atoms with Crippen LogP contribution in [0, 0.1) is 11.8 Å². The van der Waals surface area contributed by atoms with Gasteiger partial charge in [-0.2, -0.15) is 0 Å². The molecule has 0 saturated heterocycles. The van der Waals surface area contributed by atoms with Gasteiger partial charge in [0, 0.05) is 17.3 Å². The third-order valence-electron chi connectivity index (χ3n) is 4.81. The van der Waals surface area contributed by atoms with E-state index in [1.165, 1.54) is 6.26 Å². The highest BCUT2D eigenvalue weighted by Crippen LogP contribution is 2.30. The van der Waals surface area contributed by atoms with Gasteiger partial charge in [-0.05, 0) is 55.7 Å². The van der Waals surface area contributed by atoms with Crippen molar-refractivity contribution in [3.63, 3.8) is 0 Å². The molecular weight excluding hydrogens is 362 g/mol. The van der Waals surface area contributed by atoms with Crippen molar-refractivity contribution in [2.24, 2.45) is 11.8 Å². The van der Waals surface area contributed by atoms with Gasteiger partial charge in [0.2, 0.25) is 5.91 Å². The van der Waals surface area contributed by atoms with Crippen molar-refractivity contribution < 1.29 is 23.9 Å². The summed E-state index contributed by atoms with van der Waals surface area (Å²) in [7, 11) is 0. The summed E-state index contributed by atoms with van der Waals surface area (Å²) >= 11 is 0. The molecule has 0 radical (unpaired) electrons. The van der Waals surface area contributed by atoms with E-state index in [4.69, 9.17) is 9.52 Å². The third kappa shape index (κ3) is 5.35. The minimum Gasteiger partial charge on any atom is -0.481 e. The Hall–Kier alpha value is -3.29. The number of carbonyl (C=O) groups is 3. The van der Waals surface area contributed by atoms with Gasteiger partial charge in [-0.25, -0.2) is 4.79 Å². The van der Waals surface area contributed by atoms with Crippen LogP contribution in [0.1, 0.15) is 31.4 Å². The Morgan fingerprint density at radius 2 is 1.68 bits per heavy atom. The smallest absolute Gasteiger partial charge is 0.319 e. The van der Waals surface area contributed by atoms with Crippen molar-refractivity contribution in [3.05, 3.63) is 48.4 Å². The molecule has 1 aromatic carbocycles. The summed E-state index contributed by atoms with van der Waals surface area (Å²) in [6.07, 6.45) is 3.98. The number of aliphatic carboxylic acids is 1. The monoisotopic (exact) mass is 385 g/mol. The highest BCUT2D eigenvalue weighted by molar-refractivity contribution is 5.94. The van der Waals surface area contributed by atoms with E-state index in [9.17, 15) is 14.4 Å². The van der Waals surface area contributed by atoms with Crippen LogP contribution in [-0.4, -0.2) is 23.0 Å². The second-order valence-corrected chi connectivity index (χ2v) is 6.85. The molecule has 1 aromatic heterocycles. The molecule has 1 heterocycles.